The highest BCUT2D eigenvalue weighted by Crippen LogP contribution is 2.36. The molecule has 0 aromatic rings. The van der Waals surface area contributed by atoms with E-state index >= 15 is 0 Å². The Hall–Kier alpha value is -0.0800. The van der Waals surface area contributed by atoms with Crippen LogP contribution >= 0.6 is 0 Å². The first kappa shape index (κ1) is 13.4. The van der Waals surface area contributed by atoms with Crippen molar-refractivity contribution in [3.63, 3.8) is 0 Å². The molecule has 0 aromatic carbocycles. The molecule has 2 saturated carbocycles. The van der Waals surface area contributed by atoms with E-state index < -0.39 is 0 Å². The Morgan fingerprint density at radius 2 is 1.82 bits per heavy atom. The number of hydrogen-bond acceptors (Lipinski definition) is 2. The van der Waals surface area contributed by atoms with Gasteiger partial charge in [-0.15, -0.1) is 0 Å². The van der Waals surface area contributed by atoms with E-state index in [-0.39, 0.29) is 0 Å². The zero-order chi connectivity index (χ0) is 12.1. The van der Waals surface area contributed by atoms with Crippen molar-refractivity contribution < 1.29 is 4.74 Å². The van der Waals surface area contributed by atoms with Gasteiger partial charge in [-0.3, -0.25) is 0 Å². The molecular weight excluding hydrogens is 210 g/mol. The van der Waals surface area contributed by atoms with Gasteiger partial charge < -0.3 is 10.1 Å². The van der Waals surface area contributed by atoms with E-state index in [0.29, 0.717) is 17.6 Å². The third kappa shape index (κ3) is 3.96. The van der Waals surface area contributed by atoms with Crippen LogP contribution in [0.1, 0.15) is 65.2 Å². The summed E-state index contributed by atoms with van der Waals surface area (Å²) < 4.78 is 5.95. The predicted molar refractivity (Wildman–Crippen MR) is 72.2 cm³/mol. The van der Waals surface area contributed by atoms with Crippen molar-refractivity contribution >= 4 is 0 Å². The average Bonchev–Trinajstić information content (AvgIpc) is 2.66. The van der Waals surface area contributed by atoms with Crippen molar-refractivity contribution in [2.45, 2.75) is 77.4 Å². The second-order valence-corrected chi connectivity index (χ2v) is 6.52. The highest BCUT2D eigenvalue weighted by Gasteiger charge is 2.33. The molecule has 2 aliphatic rings. The largest absolute Gasteiger partial charge is 0.377 e. The van der Waals surface area contributed by atoms with E-state index in [4.69, 9.17) is 4.74 Å². The minimum absolute atomic E-state index is 0.491. The lowest BCUT2D eigenvalue weighted by Crippen LogP contribution is -2.39. The van der Waals surface area contributed by atoms with Crippen LogP contribution in [0.3, 0.4) is 0 Å². The van der Waals surface area contributed by atoms with Crippen LogP contribution in [0.15, 0.2) is 0 Å². The third-order valence-electron chi connectivity index (χ3n) is 4.66. The molecule has 1 atom stereocenters. The Labute approximate surface area is 107 Å². The van der Waals surface area contributed by atoms with Crippen LogP contribution in [0.4, 0.5) is 0 Å². The number of ether oxygens (including phenoxy) is 1. The minimum Gasteiger partial charge on any atom is -0.377 e. The van der Waals surface area contributed by atoms with Crippen molar-refractivity contribution in [1.82, 2.24) is 5.32 Å². The lowest BCUT2D eigenvalue weighted by Gasteiger charge is -2.28. The van der Waals surface area contributed by atoms with Crippen LogP contribution in [0, 0.1) is 5.41 Å². The molecule has 0 bridgehead atoms. The van der Waals surface area contributed by atoms with Crippen LogP contribution in [-0.2, 0) is 4.74 Å². The van der Waals surface area contributed by atoms with Crippen molar-refractivity contribution in [3.8, 4) is 0 Å². The van der Waals surface area contributed by atoms with E-state index in [9.17, 15) is 0 Å². The van der Waals surface area contributed by atoms with Gasteiger partial charge in [-0.2, -0.15) is 0 Å². The molecule has 0 aromatic heterocycles. The van der Waals surface area contributed by atoms with E-state index in [2.05, 4.69) is 19.2 Å². The highest BCUT2D eigenvalue weighted by atomic mass is 16.5. The van der Waals surface area contributed by atoms with E-state index in [1.54, 1.807) is 0 Å². The second-order valence-electron chi connectivity index (χ2n) is 6.52. The summed E-state index contributed by atoms with van der Waals surface area (Å²) in [6.07, 6.45) is 11.4. The smallest absolute Gasteiger partial charge is 0.0594 e. The normalized spacial score (nSPS) is 29.6. The number of rotatable bonds is 5. The molecule has 0 amide bonds. The first-order chi connectivity index (χ1) is 8.18. The minimum atomic E-state index is 0.491. The second kappa shape index (κ2) is 6.19. The topological polar surface area (TPSA) is 21.3 Å². The maximum absolute atomic E-state index is 5.95. The average molecular weight is 239 g/mol. The van der Waals surface area contributed by atoms with Gasteiger partial charge in [0, 0.05) is 12.6 Å². The molecule has 0 saturated heterocycles. The van der Waals surface area contributed by atoms with Gasteiger partial charge in [0.05, 0.1) is 12.7 Å². The fraction of sp³-hybridized carbons (Fsp3) is 1.00. The summed E-state index contributed by atoms with van der Waals surface area (Å²) in [5.41, 5.74) is 0.491. The predicted octanol–water partition coefficient (Wildman–Crippen LogP) is 3.50. The fourth-order valence-corrected chi connectivity index (χ4v) is 3.40. The zero-order valence-electron chi connectivity index (χ0n) is 11.6. The standard InChI is InChI=1S/C15H29NO/c1-15(2)10-6-9-14(15)16-11-12-17-13-7-4-3-5-8-13/h13-14,16H,3-12H2,1-2H3. The lowest BCUT2D eigenvalue weighted by molar-refractivity contribution is 0.0282. The molecule has 0 radical (unpaired) electrons. The summed E-state index contributed by atoms with van der Waals surface area (Å²) in [5, 5.41) is 3.69. The summed E-state index contributed by atoms with van der Waals surface area (Å²) >= 11 is 0. The molecule has 2 fully saturated rings. The van der Waals surface area contributed by atoms with Gasteiger partial charge in [0.1, 0.15) is 0 Å². The quantitative estimate of drug-likeness (QED) is 0.741. The molecule has 2 heteroatoms. The molecule has 1 N–H and O–H groups in total. The molecule has 100 valence electrons. The van der Waals surface area contributed by atoms with Crippen LogP contribution in [-0.4, -0.2) is 25.3 Å². The first-order valence-corrected chi connectivity index (χ1v) is 7.53. The Morgan fingerprint density at radius 1 is 1.06 bits per heavy atom. The summed E-state index contributed by atoms with van der Waals surface area (Å²) in [6.45, 7) is 6.71. The Morgan fingerprint density at radius 3 is 2.47 bits per heavy atom. The molecule has 0 heterocycles. The summed E-state index contributed by atoms with van der Waals surface area (Å²) in [7, 11) is 0. The monoisotopic (exact) mass is 239 g/mol. The van der Waals surface area contributed by atoms with Crippen LogP contribution in [0.2, 0.25) is 0 Å². The highest BCUT2D eigenvalue weighted by molar-refractivity contribution is 4.89. The molecule has 17 heavy (non-hydrogen) atoms. The van der Waals surface area contributed by atoms with E-state index in [0.717, 1.165) is 13.2 Å². The lowest BCUT2D eigenvalue weighted by atomic mass is 9.87. The van der Waals surface area contributed by atoms with Gasteiger partial charge in [0.25, 0.3) is 0 Å². The van der Waals surface area contributed by atoms with Gasteiger partial charge in [-0.05, 0) is 31.1 Å². The summed E-state index contributed by atoms with van der Waals surface area (Å²) in [5.74, 6) is 0. The number of hydrogen-bond donors (Lipinski definition) is 1. The third-order valence-corrected chi connectivity index (χ3v) is 4.66. The Kier molecular flexibility index (Phi) is 4.87. The summed E-state index contributed by atoms with van der Waals surface area (Å²) in [6, 6.07) is 0.706. The van der Waals surface area contributed by atoms with Crippen molar-refractivity contribution in [2.24, 2.45) is 5.41 Å². The SMILES string of the molecule is CC1(C)CCCC1NCCOC1CCCCC1. The molecule has 2 rings (SSSR count). The molecule has 2 aliphatic carbocycles. The maximum Gasteiger partial charge on any atom is 0.0594 e. The van der Waals surface area contributed by atoms with Crippen LogP contribution < -0.4 is 5.32 Å². The first-order valence-electron chi connectivity index (χ1n) is 7.53. The van der Waals surface area contributed by atoms with Crippen LogP contribution in [0.5, 0.6) is 0 Å². The van der Waals surface area contributed by atoms with Gasteiger partial charge in [-0.25, -0.2) is 0 Å². The number of nitrogens with one attached hydrogen (secondary N) is 1. The molecule has 1 unspecified atom stereocenters. The van der Waals surface area contributed by atoms with E-state index in [1.807, 2.05) is 0 Å². The van der Waals surface area contributed by atoms with Crippen LogP contribution in [0.25, 0.3) is 0 Å². The maximum atomic E-state index is 5.95. The van der Waals surface area contributed by atoms with Gasteiger partial charge in [-0.1, -0.05) is 39.5 Å². The molecular formula is C15H29NO. The molecule has 2 nitrogen and oxygen atoms in total. The Balaban J connectivity index is 1.56. The van der Waals surface area contributed by atoms with Crippen molar-refractivity contribution in [1.29, 1.82) is 0 Å². The molecule has 0 spiro atoms. The van der Waals surface area contributed by atoms with Crippen molar-refractivity contribution in [3.05, 3.63) is 0 Å². The van der Waals surface area contributed by atoms with Crippen molar-refractivity contribution in [2.75, 3.05) is 13.2 Å². The van der Waals surface area contributed by atoms with E-state index in [1.165, 1.54) is 51.4 Å². The summed E-state index contributed by atoms with van der Waals surface area (Å²) in [4.78, 5) is 0. The Bertz CT molecular complexity index is 221. The van der Waals surface area contributed by atoms with Gasteiger partial charge in [0.15, 0.2) is 0 Å². The van der Waals surface area contributed by atoms with Gasteiger partial charge >= 0.3 is 0 Å². The van der Waals surface area contributed by atoms with Gasteiger partial charge in [0.2, 0.25) is 0 Å². The molecule has 0 aliphatic heterocycles. The zero-order valence-corrected chi connectivity index (χ0v) is 11.6. The fourth-order valence-electron chi connectivity index (χ4n) is 3.40.